The summed E-state index contributed by atoms with van der Waals surface area (Å²) in [6.07, 6.45) is 8.43. The van der Waals surface area contributed by atoms with Gasteiger partial charge in [0, 0.05) is 0 Å². The Morgan fingerprint density at radius 2 is 1.86 bits per heavy atom. The third-order valence-electron chi connectivity index (χ3n) is 3.19. The first-order chi connectivity index (χ1) is 6.83. The lowest BCUT2D eigenvalue weighted by Crippen LogP contribution is -1.88. The monoisotopic (exact) mass is 182 g/mol. The molecule has 2 aliphatic carbocycles. The molecule has 0 saturated heterocycles. The summed E-state index contributed by atoms with van der Waals surface area (Å²) < 4.78 is 0. The number of rotatable bonds is 1. The van der Waals surface area contributed by atoms with Gasteiger partial charge in [-0.3, -0.25) is 0 Å². The molecule has 0 N–H and O–H groups in total. The zero-order chi connectivity index (χ0) is 9.54. The molecule has 3 rings (SSSR count). The molecule has 0 aliphatic heterocycles. The van der Waals surface area contributed by atoms with Gasteiger partial charge in [-0.1, -0.05) is 48.1 Å². The number of fused-ring (bicyclic) bond motifs is 1. The second kappa shape index (κ2) is 2.84. The molecule has 14 heavy (non-hydrogen) atoms. The van der Waals surface area contributed by atoms with Gasteiger partial charge in [-0.2, -0.15) is 0 Å². The van der Waals surface area contributed by atoms with Crippen LogP contribution in [0.4, 0.5) is 0 Å². The number of aryl methyl sites for hydroxylation is 1. The van der Waals surface area contributed by atoms with Crippen LogP contribution in [-0.4, -0.2) is 0 Å². The van der Waals surface area contributed by atoms with Crippen molar-refractivity contribution in [1.82, 2.24) is 0 Å². The Morgan fingerprint density at radius 3 is 2.57 bits per heavy atom. The Kier molecular flexibility index (Phi) is 1.63. The van der Waals surface area contributed by atoms with Gasteiger partial charge in [0.25, 0.3) is 0 Å². The van der Waals surface area contributed by atoms with Gasteiger partial charge in [0.1, 0.15) is 0 Å². The Morgan fingerprint density at radius 1 is 1.07 bits per heavy atom. The molecule has 1 aromatic carbocycles. The number of hydrogen-bond acceptors (Lipinski definition) is 0. The molecule has 70 valence electrons. The lowest BCUT2D eigenvalue weighted by atomic mass is 9.99. The van der Waals surface area contributed by atoms with Crippen molar-refractivity contribution >= 4 is 5.57 Å². The highest BCUT2D eigenvalue weighted by molar-refractivity contribution is 5.76. The molecule has 1 aromatic rings. The molecule has 0 radical (unpaired) electrons. The summed E-state index contributed by atoms with van der Waals surface area (Å²) in [5, 5.41) is 0. The maximum absolute atomic E-state index is 2.43. The van der Waals surface area contributed by atoms with E-state index in [0.29, 0.717) is 0 Å². The highest BCUT2D eigenvalue weighted by atomic mass is 14.4. The van der Waals surface area contributed by atoms with E-state index in [-0.39, 0.29) is 0 Å². The third-order valence-corrected chi connectivity index (χ3v) is 3.19. The smallest absolute Gasteiger partial charge is 0.0155 e. The van der Waals surface area contributed by atoms with Crippen LogP contribution in [0.25, 0.3) is 5.57 Å². The number of allylic oxidation sites excluding steroid dienone is 4. The van der Waals surface area contributed by atoms with Crippen molar-refractivity contribution in [3.8, 4) is 0 Å². The summed E-state index contributed by atoms with van der Waals surface area (Å²) >= 11 is 0. The van der Waals surface area contributed by atoms with E-state index in [4.69, 9.17) is 0 Å². The first kappa shape index (κ1) is 8.05. The quantitative estimate of drug-likeness (QED) is 0.622. The van der Waals surface area contributed by atoms with Gasteiger partial charge in [-0.05, 0) is 36.3 Å². The van der Waals surface area contributed by atoms with Crippen molar-refractivity contribution in [2.24, 2.45) is 11.8 Å². The van der Waals surface area contributed by atoms with Gasteiger partial charge < -0.3 is 0 Å². The van der Waals surface area contributed by atoms with Gasteiger partial charge in [0.05, 0.1) is 0 Å². The molecule has 0 aromatic heterocycles. The molecule has 0 amide bonds. The average molecular weight is 182 g/mol. The summed E-state index contributed by atoms with van der Waals surface area (Å²) in [7, 11) is 0. The maximum atomic E-state index is 2.43. The lowest BCUT2D eigenvalue weighted by molar-refractivity contribution is 0.985. The summed E-state index contributed by atoms with van der Waals surface area (Å²) in [5.41, 5.74) is 4.10. The standard InChI is InChI=1S/C14H14/c1-10-2-4-11(5-3-10)12-6-7-13-9-14(13)8-12/h2-8,13-14H,9H2,1H3/t13?,14-/m1/s1. The summed E-state index contributed by atoms with van der Waals surface area (Å²) in [6, 6.07) is 8.80. The second-order valence-electron chi connectivity index (χ2n) is 4.41. The van der Waals surface area contributed by atoms with Crippen LogP contribution in [0.2, 0.25) is 0 Å². The molecule has 0 heterocycles. The average Bonchev–Trinajstić information content (AvgIpc) is 2.96. The zero-order valence-corrected chi connectivity index (χ0v) is 8.40. The lowest BCUT2D eigenvalue weighted by Gasteiger charge is -2.06. The van der Waals surface area contributed by atoms with Gasteiger partial charge in [0.15, 0.2) is 0 Å². The predicted molar refractivity (Wildman–Crippen MR) is 59.9 cm³/mol. The number of benzene rings is 1. The van der Waals surface area contributed by atoms with Crippen molar-refractivity contribution in [1.29, 1.82) is 0 Å². The molecule has 0 nitrogen and oxygen atoms in total. The largest absolute Gasteiger partial charge is 0.0802 e. The van der Waals surface area contributed by atoms with Crippen LogP contribution in [0.3, 0.4) is 0 Å². The van der Waals surface area contributed by atoms with E-state index in [0.717, 1.165) is 11.8 Å². The molecule has 0 spiro atoms. The summed E-state index contributed by atoms with van der Waals surface area (Å²) in [5.74, 6) is 1.71. The Labute approximate surface area is 85.0 Å². The Hall–Kier alpha value is -1.30. The summed E-state index contributed by atoms with van der Waals surface area (Å²) in [6.45, 7) is 2.13. The Balaban J connectivity index is 1.95. The Bertz CT molecular complexity index is 406. The van der Waals surface area contributed by atoms with Crippen LogP contribution in [0.5, 0.6) is 0 Å². The minimum Gasteiger partial charge on any atom is -0.0802 e. The topological polar surface area (TPSA) is 0 Å². The third kappa shape index (κ3) is 1.31. The van der Waals surface area contributed by atoms with Crippen molar-refractivity contribution in [3.05, 3.63) is 53.6 Å². The molecule has 1 saturated carbocycles. The van der Waals surface area contributed by atoms with E-state index in [1.807, 2.05) is 0 Å². The highest BCUT2D eigenvalue weighted by Gasteiger charge is 2.34. The summed E-state index contributed by atoms with van der Waals surface area (Å²) in [4.78, 5) is 0. The molecule has 0 heteroatoms. The van der Waals surface area contributed by atoms with Crippen LogP contribution in [0, 0.1) is 18.8 Å². The fourth-order valence-electron chi connectivity index (χ4n) is 2.10. The van der Waals surface area contributed by atoms with E-state index in [9.17, 15) is 0 Å². The molecule has 1 unspecified atom stereocenters. The second-order valence-corrected chi connectivity index (χ2v) is 4.41. The van der Waals surface area contributed by atoms with Crippen LogP contribution in [0.1, 0.15) is 17.5 Å². The van der Waals surface area contributed by atoms with Crippen molar-refractivity contribution in [2.75, 3.05) is 0 Å². The van der Waals surface area contributed by atoms with E-state index in [1.54, 1.807) is 0 Å². The first-order valence-corrected chi connectivity index (χ1v) is 5.30. The van der Waals surface area contributed by atoms with E-state index < -0.39 is 0 Å². The van der Waals surface area contributed by atoms with Gasteiger partial charge in [-0.15, -0.1) is 0 Å². The van der Waals surface area contributed by atoms with Crippen molar-refractivity contribution in [3.63, 3.8) is 0 Å². The van der Waals surface area contributed by atoms with E-state index in [2.05, 4.69) is 49.4 Å². The van der Waals surface area contributed by atoms with E-state index >= 15 is 0 Å². The van der Waals surface area contributed by atoms with Gasteiger partial charge in [-0.25, -0.2) is 0 Å². The highest BCUT2D eigenvalue weighted by Crippen LogP contribution is 2.45. The fraction of sp³-hybridized carbons (Fsp3) is 0.286. The van der Waals surface area contributed by atoms with Crippen LogP contribution < -0.4 is 0 Å². The zero-order valence-electron chi connectivity index (χ0n) is 8.40. The van der Waals surface area contributed by atoms with Gasteiger partial charge in [0.2, 0.25) is 0 Å². The molecular formula is C14H14. The molecule has 1 fully saturated rings. The van der Waals surface area contributed by atoms with Crippen LogP contribution >= 0.6 is 0 Å². The normalized spacial score (nSPS) is 28.2. The van der Waals surface area contributed by atoms with Crippen LogP contribution in [0.15, 0.2) is 42.5 Å². The molecule has 2 aliphatic rings. The van der Waals surface area contributed by atoms with Crippen molar-refractivity contribution < 1.29 is 0 Å². The van der Waals surface area contributed by atoms with E-state index in [1.165, 1.54) is 23.1 Å². The van der Waals surface area contributed by atoms with Crippen LogP contribution in [-0.2, 0) is 0 Å². The minimum absolute atomic E-state index is 0.844. The minimum atomic E-state index is 0.844. The van der Waals surface area contributed by atoms with Gasteiger partial charge >= 0.3 is 0 Å². The number of hydrogen-bond donors (Lipinski definition) is 0. The van der Waals surface area contributed by atoms with Crippen molar-refractivity contribution in [2.45, 2.75) is 13.3 Å². The SMILES string of the molecule is Cc1ccc(C2=C[C@@H]3CC3C=C2)cc1. The maximum Gasteiger partial charge on any atom is -0.0155 e. The molecule has 2 atom stereocenters. The predicted octanol–water partition coefficient (Wildman–Crippen LogP) is 3.58. The molecule has 0 bridgehead atoms. The molecular weight excluding hydrogens is 168 g/mol. The first-order valence-electron chi connectivity index (χ1n) is 5.30. The fourth-order valence-corrected chi connectivity index (χ4v) is 2.10.